The van der Waals surface area contributed by atoms with Gasteiger partial charge in [0.05, 0.1) is 6.04 Å². The molecule has 1 amide bonds. The van der Waals surface area contributed by atoms with Gasteiger partial charge in [0.1, 0.15) is 23.5 Å². The minimum Gasteiger partial charge on any atom is -0.507 e. The number of esters is 1. The number of carbonyl (C=O) groups excluding carboxylic acids is 2. The van der Waals surface area contributed by atoms with Crippen LogP contribution in [0.3, 0.4) is 0 Å². The highest BCUT2D eigenvalue weighted by molar-refractivity contribution is 5.95. The molecule has 0 saturated carbocycles. The van der Waals surface area contributed by atoms with Gasteiger partial charge in [-0.1, -0.05) is 39.8 Å². The number of aliphatic hydroxyl groups excluding tert-OH is 2. The van der Waals surface area contributed by atoms with Crippen LogP contribution < -0.4 is 11.1 Å². The molecular weight excluding hydrogens is 388 g/mol. The van der Waals surface area contributed by atoms with E-state index in [2.05, 4.69) is 5.32 Å². The number of phenols is 1. The van der Waals surface area contributed by atoms with E-state index in [-0.39, 0.29) is 23.1 Å². The van der Waals surface area contributed by atoms with Crippen molar-refractivity contribution in [3.8, 4) is 5.75 Å². The Bertz CT molecular complexity index is 751. The van der Waals surface area contributed by atoms with E-state index in [1.807, 2.05) is 27.7 Å². The largest absolute Gasteiger partial charge is 0.507 e. The number of aliphatic hydroxyl groups is 2. The van der Waals surface area contributed by atoms with Crippen LogP contribution in [0.2, 0.25) is 0 Å². The van der Waals surface area contributed by atoms with E-state index in [0.717, 1.165) is 0 Å². The van der Waals surface area contributed by atoms with E-state index in [0.29, 0.717) is 24.8 Å². The summed E-state index contributed by atoms with van der Waals surface area (Å²) in [7, 11) is 0. The van der Waals surface area contributed by atoms with Crippen molar-refractivity contribution in [1.82, 2.24) is 5.32 Å². The predicted molar refractivity (Wildman–Crippen MR) is 112 cm³/mol. The van der Waals surface area contributed by atoms with Crippen molar-refractivity contribution in [3.63, 3.8) is 0 Å². The molecule has 6 N–H and O–H groups in total. The number of nitrogens with one attached hydrogen (secondary N) is 1. The molecule has 30 heavy (non-hydrogen) atoms. The molecule has 1 aliphatic heterocycles. The van der Waals surface area contributed by atoms with Gasteiger partial charge in [0.25, 0.3) is 5.91 Å². The number of cyclic esters (lactones) is 1. The van der Waals surface area contributed by atoms with Crippen LogP contribution >= 0.6 is 0 Å². The molecule has 1 aliphatic rings. The number of phenolic OH excluding ortho intramolecular Hbond substituents is 1. The van der Waals surface area contributed by atoms with E-state index in [1.165, 1.54) is 6.07 Å². The molecule has 1 aromatic carbocycles. The average Bonchev–Trinajstić information content (AvgIpc) is 2.65. The number of hydrogen-bond acceptors (Lipinski definition) is 7. The first kappa shape index (κ1) is 24.1. The molecule has 0 aromatic heterocycles. The van der Waals surface area contributed by atoms with Gasteiger partial charge in [0.2, 0.25) is 0 Å². The third-order valence-corrected chi connectivity index (χ3v) is 5.29. The Kier molecular flexibility index (Phi) is 8.23. The number of hydrogen-bond donors (Lipinski definition) is 5. The van der Waals surface area contributed by atoms with Crippen molar-refractivity contribution in [1.29, 1.82) is 0 Å². The van der Waals surface area contributed by atoms with E-state index in [1.54, 1.807) is 12.1 Å². The fourth-order valence-electron chi connectivity index (χ4n) is 3.82. The van der Waals surface area contributed by atoms with Gasteiger partial charge in [-0.05, 0) is 36.3 Å². The highest BCUT2D eigenvalue weighted by Crippen LogP contribution is 2.30. The summed E-state index contributed by atoms with van der Waals surface area (Å²) in [5.74, 6) is -1.17. The van der Waals surface area contributed by atoms with Crippen molar-refractivity contribution in [2.24, 2.45) is 17.6 Å². The maximum Gasteiger partial charge on any atom is 0.342 e. The fraction of sp³-hybridized carbons (Fsp3) is 0.636. The van der Waals surface area contributed by atoms with Crippen LogP contribution in [0.5, 0.6) is 5.75 Å². The lowest BCUT2D eigenvalue weighted by molar-refractivity contribution is -0.138. The van der Waals surface area contributed by atoms with Crippen LogP contribution in [0, 0.1) is 11.8 Å². The van der Waals surface area contributed by atoms with Gasteiger partial charge in [-0.25, -0.2) is 4.79 Å². The van der Waals surface area contributed by atoms with Crippen LogP contribution in [0.15, 0.2) is 18.2 Å². The number of rotatable bonds is 9. The van der Waals surface area contributed by atoms with Gasteiger partial charge < -0.3 is 31.1 Å². The molecule has 1 aromatic rings. The summed E-state index contributed by atoms with van der Waals surface area (Å²) in [4.78, 5) is 25.1. The third-order valence-electron chi connectivity index (χ3n) is 5.29. The fourth-order valence-corrected chi connectivity index (χ4v) is 3.82. The highest BCUT2D eigenvalue weighted by Gasteiger charge is 2.37. The second-order valence-corrected chi connectivity index (χ2v) is 8.93. The van der Waals surface area contributed by atoms with Gasteiger partial charge in [-0.3, -0.25) is 4.79 Å². The molecule has 1 heterocycles. The van der Waals surface area contributed by atoms with E-state index in [4.69, 9.17) is 10.5 Å². The van der Waals surface area contributed by atoms with Gasteiger partial charge in [0.15, 0.2) is 6.10 Å². The molecule has 0 saturated heterocycles. The number of aromatic hydroxyl groups is 1. The second-order valence-electron chi connectivity index (χ2n) is 8.93. The smallest absolute Gasteiger partial charge is 0.342 e. The summed E-state index contributed by atoms with van der Waals surface area (Å²) in [5.41, 5.74) is 6.69. The Morgan fingerprint density at radius 1 is 1.20 bits per heavy atom. The van der Waals surface area contributed by atoms with Gasteiger partial charge >= 0.3 is 5.97 Å². The summed E-state index contributed by atoms with van der Waals surface area (Å²) >= 11 is 0. The minimum atomic E-state index is -1.69. The summed E-state index contributed by atoms with van der Waals surface area (Å²) in [6, 6.07) is 3.50. The molecule has 8 heteroatoms. The van der Waals surface area contributed by atoms with Crippen molar-refractivity contribution in [2.75, 3.05) is 0 Å². The van der Waals surface area contributed by atoms with E-state index < -0.39 is 42.3 Å². The first-order chi connectivity index (χ1) is 14.0. The summed E-state index contributed by atoms with van der Waals surface area (Å²) < 4.78 is 5.52. The molecule has 8 nitrogen and oxygen atoms in total. The van der Waals surface area contributed by atoms with E-state index in [9.17, 15) is 24.9 Å². The Hall–Kier alpha value is -2.16. The van der Waals surface area contributed by atoms with E-state index >= 15 is 0 Å². The Morgan fingerprint density at radius 2 is 1.83 bits per heavy atom. The normalized spacial score (nSPS) is 20.3. The zero-order valence-electron chi connectivity index (χ0n) is 18.0. The number of carbonyl (C=O) groups is 2. The Labute approximate surface area is 177 Å². The number of ether oxygens (including phenoxy) is 1. The second kappa shape index (κ2) is 10.2. The van der Waals surface area contributed by atoms with Crippen LogP contribution in [0.1, 0.15) is 56.5 Å². The predicted octanol–water partition coefficient (Wildman–Crippen LogP) is 1.10. The maximum atomic E-state index is 12.6. The lowest BCUT2D eigenvalue weighted by Gasteiger charge is -2.34. The van der Waals surface area contributed by atoms with Crippen LogP contribution in [0.4, 0.5) is 0 Å². The Balaban J connectivity index is 2.14. The maximum absolute atomic E-state index is 12.6. The zero-order chi connectivity index (χ0) is 22.6. The molecule has 0 spiro atoms. The average molecular weight is 423 g/mol. The first-order valence-corrected chi connectivity index (χ1v) is 10.4. The number of benzene rings is 1. The summed E-state index contributed by atoms with van der Waals surface area (Å²) in [5, 5.41) is 33.3. The topological polar surface area (TPSA) is 142 Å². The Morgan fingerprint density at radius 3 is 2.43 bits per heavy atom. The molecule has 0 fully saturated rings. The molecule has 0 aliphatic carbocycles. The quantitative estimate of drug-likeness (QED) is 0.375. The van der Waals surface area contributed by atoms with Crippen LogP contribution in [-0.4, -0.2) is 57.6 Å². The molecule has 0 bridgehead atoms. The lowest BCUT2D eigenvalue weighted by Crippen LogP contribution is -2.55. The van der Waals surface area contributed by atoms with Gasteiger partial charge in [0, 0.05) is 12.5 Å². The van der Waals surface area contributed by atoms with Gasteiger partial charge in [-0.15, -0.1) is 0 Å². The number of nitrogens with two attached hydrogens (primary N) is 1. The van der Waals surface area contributed by atoms with Gasteiger partial charge in [-0.2, -0.15) is 0 Å². The lowest BCUT2D eigenvalue weighted by atomic mass is 9.90. The summed E-state index contributed by atoms with van der Waals surface area (Å²) in [6.45, 7) is 7.80. The molecule has 0 radical (unpaired) electrons. The standard InChI is InChI=1S/C22H34N2O6/c1-11(2)8-14(23)19(26)20(27)21(28)24-15(9-12(3)4)17-10-13-6-5-7-16(25)18(13)22(29)30-17/h5-7,11-12,14-15,17,19-20,25-27H,8-10,23H2,1-4H3,(H,24,28). The van der Waals surface area contributed by atoms with Crippen LogP contribution in [0.25, 0.3) is 0 Å². The minimum absolute atomic E-state index is 0.137. The monoisotopic (exact) mass is 422 g/mol. The highest BCUT2D eigenvalue weighted by atomic mass is 16.5. The SMILES string of the molecule is CC(C)CC(N)C(O)C(O)C(=O)NC(CC(C)C)C1Cc2cccc(O)c2C(=O)O1. The molecule has 2 rings (SSSR count). The van der Waals surface area contributed by atoms with Crippen molar-refractivity contribution in [2.45, 2.75) is 77.4 Å². The van der Waals surface area contributed by atoms with Crippen LogP contribution in [-0.2, 0) is 16.0 Å². The number of amides is 1. The molecule has 5 unspecified atom stereocenters. The van der Waals surface area contributed by atoms with Crippen molar-refractivity contribution < 1.29 is 29.6 Å². The molecule has 168 valence electrons. The molecule has 5 atom stereocenters. The zero-order valence-corrected chi connectivity index (χ0v) is 18.0. The first-order valence-electron chi connectivity index (χ1n) is 10.4. The number of fused-ring (bicyclic) bond motifs is 1. The van der Waals surface area contributed by atoms with Crippen molar-refractivity contribution in [3.05, 3.63) is 29.3 Å². The van der Waals surface area contributed by atoms with Crippen molar-refractivity contribution >= 4 is 11.9 Å². The third kappa shape index (κ3) is 5.93. The summed E-state index contributed by atoms with van der Waals surface area (Å²) in [6.07, 6.45) is -2.48. The molecular formula is C22H34N2O6.